The number of para-hydroxylation sites is 1. The Morgan fingerprint density at radius 1 is 1.11 bits per heavy atom. The van der Waals surface area contributed by atoms with Crippen molar-refractivity contribution >= 4 is 17.6 Å². The molecule has 0 spiro atoms. The Balaban J connectivity index is 2.30. The standard InChI is InChI=1S/C20H23NO6/c1-5-15(27-16-9-7-6-8-12(16)2)19(22)21-14-10-13(20(23)24)11-17(25-3)18(14)26-4/h6-11,15H,5H2,1-4H3,(H,21,22)(H,23,24). The number of methoxy groups -OCH3 is 2. The molecular formula is C20H23NO6. The van der Waals surface area contributed by atoms with E-state index in [4.69, 9.17) is 14.2 Å². The van der Waals surface area contributed by atoms with Crippen molar-refractivity contribution in [2.75, 3.05) is 19.5 Å². The number of carbonyl (C=O) groups is 2. The highest BCUT2D eigenvalue weighted by molar-refractivity contribution is 5.98. The number of ether oxygens (including phenoxy) is 3. The number of carbonyl (C=O) groups excluding carboxylic acids is 1. The Morgan fingerprint density at radius 3 is 2.37 bits per heavy atom. The van der Waals surface area contributed by atoms with Gasteiger partial charge in [0.1, 0.15) is 5.75 Å². The third-order valence-corrected chi connectivity index (χ3v) is 4.01. The van der Waals surface area contributed by atoms with Gasteiger partial charge in [-0.3, -0.25) is 4.79 Å². The van der Waals surface area contributed by atoms with E-state index in [9.17, 15) is 14.7 Å². The van der Waals surface area contributed by atoms with Crippen LogP contribution >= 0.6 is 0 Å². The number of aromatic carboxylic acids is 1. The maximum atomic E-state index is 12.7. The number of rotatable bonds is 8. The van der Waals surface area contributed by atoms with Crippen LogP contribution in [0.4, 0.5) is 5.69 Å². The number of amides is 1. The minimum atomic E-state index is -1.14. The Bertz CT molecular complexity index is 833. The molecule has 0 aromatic heterocycles. The fourth-order valence-corrected chi connectivity index (χ4v) is 2.56. The zero-order valence-electron chi connectivity index (χ0n) is 15.7. The van der Waals surface area contributed by atoms with Gasteiger partial charge in [0.25, 0.3) is 5.91 Å². The number of nitrogens with one attached hydrogen (secondary N) is 1. The summed E-state index contributed by atoms with van der Waals surface area (Å²) in [6, 6.07) is 10.1. The van der Waals surface area contributed by atoms with Gasteiger partial charge in [-0.05, 0) is 37.1 Å². The number of hydrogen-bond acceptors (Lipinski definition) is 5. The van der Waals surface area contributed by atoms with Crippen molar-refractivity contribution in [1.82, 2.24) is 0 Å². The van der Waals surface area contributed by atoms with Crippen molar-refractivity contribution in [2.24, 2.45) is 0 Å². The fraction of sp³-hybridized carbons (Fsp3) is 0.300. The predicted molar refractivity (Wildman–Crippen MR) is 101 cm³/mol. The molecule has 0 aliphatic heterocycles. The van der Waals surface area contributed by atoms with Gasteiger partial charge in [0.2, 0.25) is 0 Å². The SMILES string of the molecule is CCC(Oc1ccccc1C)C(=O)Nc1cc(C(=O)O)cc(OC)c1OC. The van der Waals surface area contributed by atoms with Crippen LogP contribution in [0, 0.1) is 6.92 Å². The van der Waals surface area contributed by atoms with Crippen molar-refractivity contribution in [1.29, 1.82) is 0 Å². The van der Waals surface area contributed by atoms with E-state index in [-0.39, 0.29) is 22.7 Å². The minimum Gasteiger partial charge on any atom is -0.493 e. The third kappa shape index (κ3) is 4.69. The average molecular weight is 373 g/mol. The molecular weight excluding hydrogens is 350 g/mol. The zero-order chi connectivity index (χ0) is 20.0. The van der Waals surface area contributed by atoms with Crippen molar-refractivity contribution < 1.29 is 28.9 Å². The van der Waals surface area contributed by atoms with Crippen LogP contribution in [0.25, 0.3) is 0 Å². The summed E-state index contributed by atoms with van der Waals surface area (Å²) in [5.41, 5.74) is 1.08. The Hall–Kier alpha value is -3.22. The molecule has 2 rings (SSSR count). The molecule has 144 valence electrons. The topological polar surface area (TPSA) is 94.1 Å². The van der Waals surface area contributed by atoms with Crippen molar-refractivity contribution in [3.63, 3.8) is 0 Å². The van der Waals surface area contributed by atoms with E-state index in [0.29, 0.717) is 12.2 Å². The number of hydrogen-bond donors (Lipinski definition) is 2. The van der Waals surface area contributed by atoms with Crippen molar-refractivity contribution in [2.45, 2.75) is 26.4 Å². The van der Waals surface area contributed by atoms with Gasteiger partial charge in [0.05, 0.1) is 25.5 Å². The third-order valence-electron chi connectivity index (χ3n) is 4.01. The summed E-state index contributed by atoms with van der Waals surface area (Å²) in [5.74, 6) is -0.496. The first kappa shape index (κ1) is 20.1. The van der Waals surface area contributed by atoms with E-state index in [2.05, 4.69) is 5.32 Å². The zero-order valence-corrected chi connectivity index (χ0v) is 15.7. The molecule has 0 bridgehead atoms. The van der Waals surface area contributed by atoms with Gasteiger partial charge in [0, 0.05) is 0 Å². The molecule has 0 aliphatic rings. The number of carboxylic acids is 1. The Kier molecular flexibility index (Phi) is 6.65. The minimum absolute atomic E-state index is 0.0316. The highest BCUT2D eigenvalue weighted by Gasteiger charge is 2.23. The van der Waals surface area contributed by atoms with Crippen LogP contribution in [0.15, 0.2) is 36.4 Å². The van der Waals surface area contributed by atoms with Crippen molar-refractivity contribution in [3.8, 4) is 17.2 Å². The quantitative estimate of drug-likeness (QED) is 0.735. The molecule has 1 atom stereocenters. The summed E-state index contributed by atoms with van der Waals surface area (Å²) in [5, 5.41) is 12.0. The van der Waals surface area contributed by atoms with Crippen LogP contribution < -0.4 is 19.5 Å². The summed E-state index contributed by atoms with van der Waals surface area (Å²) in [6.45, 7) is 3.72. The van der Waals surface area contributed by atoms with Crippen LogP contribution in [0.5, 0.6) is 17.2 Å². The second-order valence-corrected chi connectivity index (χ2v) is 5.83. The molecule has 0 radical (unpaired) electrons. The van der Waals surface area contributed by atoms with Gasteiger partial charge < -0.3 is 24.6 Å². The van der Waals surface area contributed by atoms with E-state index >= 15 is 0 Å². The second-order valence-electron chi connectivity index (χ2n) is 5.83. The number of benzene rings is 2. The van der Waals surface area contributed by atoms with E-state index < -0.39 is 18.0 Å². The Morgan fingerprint density at radius 2 is 1.81 bits per heavy atom. The molecule has 7 nitrogen and oxygen atoms in total. The maximum absolute atomic E-state index is 12.7. The lowest BCUT2D eigenvalue weighted by atomic mass is 10.1. The fourth-order valence-electron chi connectivity index (χ4n) is 2.56. The molecule has 2 aromatic carbocycles. The molecule has 2 aromatic rings. The summed E-state index contributed by atoms with van der Waals surface area (Å²) >= 11 is 0. The average Bonchev–Trinajstić information content (AvgIpc) is 2.66. The van der Waals surface area contributed by atoms with Gasteiger partial charge in [-0.2, -0.15) is 0 Å². The summed E-state index contributed by atoms with van der Waals surface area (Å²) in [6.07, 6.45) is -0.326. The lowest BCUT2D eigenvalue weighted by Gasteiger charge is -2.20. The van der Waals surface area contributed by atoms with E-state index in [1.807, 2.05) is 32.0 Å². The second kappa shape index (κ2) is 8.93. The molecule has 1 amide bonds. The molecule has 1 unspecified atom stereocenters. The van der Waals surface area contributed by atoms with Crippen LogP contribution in [0.1, 0.15) is 29.3 Å². The predicted octanol–water partition coefficient (Wildman–Crippen LogP) is 3.51. The van der Waals surface area contributed by atoms with Gasteiger partial charge in [-0.15, -0.1) is 0 Å². The van der Waals surface area contributed by atoms with E-state index in [1.54, 1.807) is 6.07 Å². The number of carboxylic acid groups (broad SMARTS) is 1. The van der Waals surface area contributed by atoms with Crippen LogP contribution in [-0.4, -0.2) is 37.3 Å². The normalized spacial score (nSPS) is 11.4. The largest absolute Gasteiger partial charge is 0.493 e. The monoisotopic (exact) mass is 373 g/mol. The van der Waals surface area contributed by atoms with Gasteiger partial charge in [-0.25, -0.2) is 4.79 Å². The lowest BCUT2D eigenvalue weighted by Crippen LogP contribution is -2.32. The summed E-state index contributed by atoms with van der Waals surface area (Å²) < 4.78 is 16.3. The molecule has 0 heterocycles. The van der Waals surface area contributed by atoms with E-state index in [1.165, 1.54) is 26.4 Å². The van der Waals surface area contributed by atoms with Crippen molar-refractivity contribution in [3.05, 3.63) is 47.5 Å². The molecule has 0 fully saturated rings. The van der Waals surface area contributed by atoms with Gasteiger partial charge >= 0.3 is 5.97 Å². The molecule has 0 saturated heterocycles. The Labute approximate surface area is 157 Å². The van der Waals surface area contributed by atoms with Crippen LogP contribution in [0.3, 0.4) is 0 Å². The van der Waals surface area contributed by atoms with Crippen LogP contribution in [-0.2, 0) is 4.79 Å². The lowest BCUT2D eigenvalue weighted by molar-refractivity contribution is -0.122. The number of anilines is 1. The maximum Gasteiger partial charge on any atom is 0.335 e. The highest BCUT2D eigenvalue weighted by atomic mass is 16.5. The smallest absolute Gasteiger partial charge is 0.335 e. The van der Waals surface area contributed by atoms with Crippen LogP contribution in [0.2, 0.25) is 0 Å². The molecule has 0 aliphatic carbocycles. The molecule has 2 N–H and O–H groups in total. The molecule has 27 heavy (non-hydrogen) atoms. The summed E-state index contributed by atoms with van der Waals surface area (Å²) in [4.78, 5) is 24.1. The van der Waals surface area contributed by atoms with Gasteiger partial charge in [0.15, 0.2) is 17.6 Å². The van der Waals surface area contributed by atoms with Gasteiger partial charge in [-0.1, -0.05) is 25.1 Å². The highest BCUT2D eigenvalue weighted by Crippen LogP contribution is 2.37. The first-order chi connectivity index (χ1) is 12.9. The number of aryl methyl sites for hydroxylation is 1. The molecule has 0 saturated carbocycles. The summed E-state index contributed by atoms with van der Waals surface area (Å²) in [7, 11) is 2.81. The van der Waals surface area contributed by atoms with E-state index in [0.717, 1.165) is 5.56 Å². The first-order valence-electron chi connectivity index (χ1n) is 8.43. The molecule has 7 heteroatoms. The first-order valence-corrected chi connectivity index (χ1v) is 8.43.